The topological polar surface area (TPSA) is 47.7 Å². The van der Waals surface area contributed by atoms with Gasteiger partial charge < -0.3 is 18.9 Å². The Kier molecular flexibility index (Phi) is 5.47. The summed E-state index contributed by atoms with van der Waals surface area (Å²) in [4.78, 5) is 2.13. The van der Waals surface area contributed by atoms with Gasteiger partial charge in [0.15, 0.2) is 11.6 Å². The van der Waals surface area contributed by atoms with Gasteiger partial charge in [0, 0.05) is 25.2 Å². The molecule has 0 unspecified atom stereocenters. The minimum atomic E-state index is 0.414. The van der Waals surface area contributed by atoms with Gasteiger partial charge in [0.1, 0.15) is 18.1 Å². The number of ether oxygens (including phenoxy) is 2. The van der Waals surface area contributed by atoms with Gasteiger partial charge in [-0.25, -0.2) is 0 Å². The van der Waals surface area contributed by atoms with Crippen LogP contribution in [0.15, 0.2) is 41.4 Å². The van der Waals surface area contributed by atoms with Gasteiger partial charge in [0.25, 0.3) is 0 Å². The predicted octanol–water partition coefficient (Wildman–Crippen LogP) is 3.76. The second-order valence-corrected chi connectivity index (χ2v) is 4.68. The van der Waals surface area contributed by atoms with Gasteiger partial charge in [-0.1, -0.05) is 17.8 Å². The Balaban J connectivity index is 2.36. The van der Waals surface area contributed by atoms with E-state index in [0.29, 0.717) is 18.1 Å². The number of hydrogen-bond acceptors (Lipinski definition) is 5. The van der Waals surface area contributed by atoms with Crippen LogP contribution in [0.1, 0.15) is 13.8 Å². The molecule has 0 saturated heterocycles. The summed E-state index contributed by atoms with van der Waals surface area (Å²) in [6.45, 7) is 10.0. The van der Waals surface area contributed by atoms with Gasteiger partial charge >= 0.3 is 0 Å². The molecule has 0 bridgehead atoms. The van der Waals surface area contributed by atoms with Crippen molar-refractivity contribution < 1.29 is 14.0 Å². The number of rotatable bonds is 8. The Morgan fingerprint density at radius 2 is 2.05 bits per heavy atom. The SMILES string of the molecule is C=CCOc1cc(OC)ccc1-c1cc(N(CC)CC)no1. The first kappa shape index (κ1) is 15.9. The van der Waals surface area contributed by atoms with Gasteiger partial charge in [-0.05, 0) is 26.0 Å². The smallest absolute Gasteiger partial charge is 0.172 e. The van der Waals surface area contributed by atoms with Gasteiger partial charge in [-0.2, -0.15) is 0 Å². The number of nitrogens with zero attached hydrogens (tertiary/aromatic N) is 2. The van der Waals surface area contributed by atoms with Crippen LogP contribution in [-0.4, -0.2) is 32.0 Å². The second-order valence-electron chi connectivity index (χ2n) is 4.68. The summed E-state index contributed by atoms with van der Waals surface area (Å²) in [6, 6.07) is 7.54. The van der Waals surface area contributed by atoms with Crippen LogP contribution in [0.2, 0.25) is 0 Å². The molecular weight excluding hydrogens is 280 g/mol. The van der Waals surface area contributed by atoms with E-state index < -0.39 is 0 Å². The molecule has 0 saturated carbocycles. The Labute approximate surface area is 131 Å². The second kappa shape index (κ2) is 7.54. The first-order valence-corrected chi connectivity index (χ1v) is 7.37. The third-order valence-electron chi connectivity index (χ3n) is 3.40. The van der Waals surface area contributed by atoms with E-state index in [1.165, 1.54) is 0 Å². The molecule has 22 heavy (non-hydrogen) atoms. The fraction of sp³-hybridized carbons (Fsp3) is 0.353. The van der Waals surface area contributed by atoms with Crippen LogP contribution in [0.3, 0.4) is 0 Å². The monoisotopic (exact) mass is 302 g/mol. The van der Waals surface area contributed by atoms with E-state index in [1.807, 2.05) is 24.3 Å². The van der Waals surface area contributed by atoms with Crippen LogP contribution < -0.4 is 14.4 Å². The predicted molar refractivity (Wildman–Crippen MR) is 87.7 cm³/mol. The lowest BCUT2D eigenvalue weighted by Crippen LogP contribution is -2.21. The molecule has 5 nitrogen and oxygen atoms in total. The van der Waals surface area contributed by atoms with E-state index >= 15 is 0 Å². The van der Waals surface area contributed by atoms with Gasteiger partial charge in [-0.3, -0.25) is 0 Å². The number of methoxy groups -OCH3 is 1. The maximum atomic E-state index is 5.71. The lowest BCUT2D eigenvalue weighted by molar-refractivity contribution is 0.355. The highest BCUT2D eigenvalue weighted by atomic mass is 16.5. The Hall–Kier alpha value is -2.43. The largest absolute Gasteiger partial charge is 0.497 e. The van der Waals surface area contributed by atoms with Crippen LogP contribution in [0.4, 0.5) is 5.82 Å². The number of anilines is 1. The van der Waals surface area contributed by atoms with E-state index in [0.717, 1.165) is 30.2 Å². The summed E-state index contributed by atoms with van der Waals surface area (Å²) in [5, 5.41) is 4.14. The molecule has 1 aromatic heterocycles. The van der Waals surface area contributed by atoms with Crippen LogP contribution in [0, 0.1) is 0 Å². The molecule has 0 radical (unpaired) electrons. The van der Waals surface area contributed by atoms with Crippen molar-refractivity contribution >= 4 is 5.82 Å². The molecule has 1 heterocycles. The highest BCUT2D eigenvalue weighted by Gasteiger charge is 2.15. The zero-order chi connectivity index (χ0) is 15.9. The summed E-state index contributed by atoms with van der Waals surface area (Å²) in [5.74, 6) is 2.90. The average molecular weight is 302 g/mol. The molecule has 0 N–H and O–H groups in total. The summed E-state index contributed by atoms with van der Waals surface area (Å²) < 4.78 is 16.4. The molecule has 118 valence electrons. The minimum Gasteiger partial charge on any atom is -0.497 e. The van der Waals surface area contributed by atoms with E-state index in [1.54, 1.807) is 13.2 Å². The summed E-state index contributed by atoms with van der Waals surface area (Å²) >= 11 is 0. The maximum Gasteiger partial charge on any atom is 0.172 e. The third kappa shape index (κ3) is 3.42. The third-order valence-corrected chi connectivity index (χ3v) is 3.40. The van der Waals surface area contributed by atoms with Crippen molar-refractivity contribution in [3.8, 4) is 22.8 Å². The highest BCUT2D eigenvalue weighted by Crippen LogP contribution is 2.35. The first-order valence-electron chi connectivity index (χ1n) is 7.37. The van der Waals surface area contributed by atoms with E-state index in [2.05, 4.69) is 30.5 Å². The molecule has 2 rings (SSSR count). The molecule has 0 amide bonds. The first-order chi connectivity index (χ1) is 10.7. The Bertz CT molecular complexity index is 618. The normalized spacial score (nSPS) is 10.3. The van der Waals surface area contributed by atoms with E-state index in [9.17, 15) is 0 Å². The van der Waals surface area contributed by atoms with Crippen molar-refractivity contribution in [2.75, 3.05) is 31.7 Å². The summed E-state index contributed by atoms with van der Waals surface area (Å²) in [5.41, 5.74) is 0.841. The molecule has 0 atom stereocenters. The van der Waals surface area contributed by atoms with Crippen molar-refractivity contribution in [3.05, 3.63) is 36.9 Å². The van der Waals surface area contributed by atoms with Crippen molar-refractivity contribution in [3.63, 3.8) is 0 Å². The van der Waals surface area contributed by atoms with Crippen molar-refractivity contribution in [1.29, 1.82) is 0 Å². The molecule has 0 aliphatic rings. The summed E-state index contributed by atoms with van der Waals surface area (Å²) in [6.07, 6.45) is 1.70. The quantitative estimate of drug-likeness (QED) is 0.695. The number of benzene rings is 1. The van der Waals surface area contributed by atoms with Crippen molar-refractivity contribution in [1.82, 2.24) is 5.16 Å². The molecule has 2 aromatic rings. The fourth-order valence-electron chi connectivity index (χ4n) is 2.19. The Morgan fingerprint density at radius 3 is 2.68 bits per heavy atom. The van der Waals surface area contributed by atoms with E-state index in [-0.39, 0.29) is 0 Å². The van der Waals surface area contributed by atoms with Crippen LogP contribution in [0.25, 0.3) is 11.3 Å². The molecule has 0 aliphatic carbocycles. The number of aromatic nitrogens is 1. The zero-order valence-corrected chi connectivity index (χ0v) is 13.3. The molecular formula is C17H22N2O3. The van der Waals surface area contributed by atoms with Crippen molar-refractivity contribution in [2.45, 2.75) is 13.8 Å². The molecule has 0 spiro atoms. The van der Waals surface area contributed by atoms with Crippen LogP contribution in [-0.2, 0) is 0 Å². The minimum absolute atomic E-state index is 0.414. The van der Waals surface area contributed by atoms with E-state index in [4.69, 9.17) is 14.0 Å². The Morgan fingerprint density at radius 1 is 1.27 bits per heavy atom. The summed E-state index contributed by atoms with van der Waals surface area (Å²) in [7, 11) is 1.62. The fourth-order valence-corrected chi connectivity index (χ4v) is 2.19. The lowest BCUT2D eigenvalue weighted by Gasteiger charge is -2.15. The maximum absolute atomic E-state index is 5.71. The number of hydrogen-bond donors (Lipinski definition) is 0. The van der Waals surface area contributed by atoms with Crippen LogP contribution in [0.5, 0.6) is 11.5 Å². The molecule has 0 fully saturated rings. The van der Waals surface area contributed by atoms with Crippen molar-refractivity contribution in [2.24, 2.45) is 0 Å². The van der Waals surface area contributed by atoms with Gasteiger partial charge in [0.2, 0.25) is 0 Å². The zero-order valence-electron chi connectivity index (χ0n) is 13.3. The molecule has 1 aromatic carbocycles. The van der Waals surface area contributed by atoms with Gasteiger partial charge in [0.05, 0.1) is 12.7 Å². The van der Waals surface area contributed by atoms with Gasteiger partial charge in [-0.15, -0.1) is 0 Å². The molecule has 0 aliphatic heterocycles. The molecule has 5 heteroatoms. The highest BCUT2D eigenvalue weighted by molar-refractivity contribution is 5.69. The van der Waals surface area contributed by atoms with Crippen LogP contribution >= 0.6 is 0 Å². The lowest BCUT2D eigenvalue weighted by atomic mass is 10.1. The standard InChI is InChI=1S/C17H22N2O3/c1-5-10-21-15-11-13(20-4)8-9-14(15)16-12-17(18-22-16)19(6-2)7-3/h5,8-9,11-12H,1,6-7,10H2,2-4H3. The average Bonchev–Trinajstić information content (AvgIpc) is 3.03.